The summed E-state index contributed by atoms with van der Waals surface area (Å²) in [6, 6.07) is 5.72. The van der Waals surface area contributed by atoms with Gasteiger partial charge in [-0.15, -0.1) is 0 Å². The van der Waals surface area contributed by atoms with Crippen LogP contribution in [0.15, 0.2) is 18.2 Å². The van der Waals surface area contributed by atoms with Crippen LogP contribution in [0.4, 0.5) is 0 Å². The Morgan fingerprint density at radius 3 is 2.55 bits per heavy atom. The standard InChI is InChI=1S/C14H25ClN4O/c1-14(17-3,18-4)10-11(16-2)8-9-20-13-7-5-6-12(15)19-13/h5-7,11,16-18H,8-10H2,1-4H3. The maximum atomic E-state index is 5.82. The first-order valence-electron chi connectivity index (χ1n) is 6.83. The highest BCUT2D eigenvalue weighted by Gasteiger charge is 2.23. The number of pyridine rings is 1. The van der Waals surface area contributed by atoms with Crippen molar-refractivity contribution >= 4 is 11.6 Å². The van der Waals surface area contributed by atoms with E-state index in [4.69, 9.17) is 16.3 Å². The Morgan fingerprint density at radius 1 is 1.30 bits per heavy atom. The van der Waals surface area contributed by atoms with E-state index in [1.165, 1.54) is 0 Å². The maximum absolute atomic E-state index is 5.82. The molecule has 1 aromatic rings. The molecule has 0 aliphatic rings. The van der Waals surface area contributed by atoms with E-state index in [0.717, 1.165) is 12.8 Å². The predicted octanol–water partition coefficient (Wildman–Crippen LogP) is 1.64. The highest BCUT2D eigenvalue weighted by atomic mass is 35.5. The summed E-state index contributed by atoms with van der Waals surface area (Å²) in [4.78, 5) is 4.10. The molecule has 3 N–H and O–H groups in total. The quantitative estimate of drug-likeness (QED) is 0.478. The van der Waals surface area contributed by atoms with Crippen LogP contribution in [0.2, 0.25) is 5.15 Å². The van der Waals surface area contributed by atoms with Gasteiger partial charge in [-0.05, 0) is 47.0 Å². The second-order valence-corrected chi connectivity index (χ2v) is 5.34. The smallest absolute Gasteiger partial charge is 0.214 e. The third-order valence-corrected chi connectivity index (χ3v) is 3.78. The van der Waals surface area contributed by atoms with Gasteiger partial charge < -0.3 is 20.7 Å². The average Bonchev–Trinajstić information content (AvgIpc) is 2.46. The van der Waals surface area contributed by atoms with E-state index in [1.54, 1.807) is 6.07 Å². The molecule has 1 atom stereocenters. The van der Waals surface area contributed by atoms with Gasteiger partial charge in [0.05, 0.1) is 12.3 Å². The Bertz CT molecular complexity index is 399. The van der Waals surface area contributed by atoms with Crippen molar-refractivity contribution in [3.63, 3.8) is 0 Å². The van der Waals surface area contributed by atoms with Gasteiger partial charge in [-0.3, -0.25) is 0 Å². The fourth-order valence-electron chi connectivity index (χ4n) is 1.95. The molecule has 5 nitrogen and oxygen atoms in total. The highest BCUT2D eigenvalue weighted by molar-refractivity contribution is 6.29. The number of rotatable bonds is 9. The van der Waals surface area contributed by atoms with Crippen LogP contribution in [0.3, 0.4) is 0 Å². The van der Waals surface area contributed by atoms with Gasteiger partial charge in [-0.1, -0.05) is 17.7 Å². The number of hydrogen-bond acceptors (Lipinski definition) is 5. The van der Waals surface area contributed by atoms with E-state index >= 15 is 0 Å². The molecule has 1 aromatic heterocycles. The molecule has 0 bridgehead atoms. The summed E-state index contributed by atoms with van der Waals surface area (Å²) in [5.74, 6) is 0.567. The summed E-state index contributed by atoms with van der Waals surface area (Å²) < 4.78 is 5.62. The molecule has 0 aromatic carbocycles. The minimum absolute atomic E-state index is 0.0953. The van der Waals surface area contributed by atoms with Gasteiger partial charge in [-0.2, -0.15) is 0 Å². The summed E-state index contributed by atoms with van der Waals surface area (Å²) in [6.45, 7) is 2.74. The van der Waals surface area contributed by atoms with Crippen molar-refractivity contribution in [1.82, 2.24) is 20.9 Å². The van der Waals surface area contributed by atoms with E-state index < -0.39 is 0 Å². The number of halogens is 1. The Balaban J connectivity index is 2.42. The molecule has 114 valence electrons. The molecule has 0 saturated carbocycles. The number of nitrogens with one attached hydrogen (secondary N) is 3. The molecule has 1 heterocycles. The second kappa shape index (κ2) is 8.42. The fourth-order valence-corrected chi connectivity index (χ4v) is 2.10. The fraction of sp³-hybridized carbons (Fsp3) is 0.643. The van der Waals surface area contributed by atoms with Gasteiger partial charge in [0.1, 0.15) is 5.15 Å². The van der Waals surface area contributed by atoms with Crippen molar-refractivity contribution in [2.24, 2.45) is 0 Å². The van der Waals surface area contributed by atoms with Crippen molar-refractivity contribution in [2.45, 2.75) is 31.5 Å². The number of ether oxygens (including phenoxy) is 1. The van der Waals surface area contributed by atoms with E-state index in [1.807, 2.05) is 33.3 Å². The molecule has 0 saturated heterocycles. The van der Waals surface area contributed by atoms with Crippen LogP contribution in [-0.4, -0.2) is 44.4 Å². The molecule has 0 aliphatic carbocycles. The summed E-state index contributed by atoms with van der Waals surface area (Å²) in [7, 11) is 5.87. The topological polar surface area (TPSA) is 58.2 Å². The van der Waals surface area contributed by atoms with Crippen LogP contribution >= 0.6 is 11.6 Å². The molecule has 20 heavy (non-hydrogen) atoms. The Labute approximate surface area is 126 Å². The molecule has 0 aliphatic heterocycles. The third kappa shape index (κ3) is 5.63. The Morgan fingerprint density at radius 2 is 2.00 bits per heavy atom. The summed E-state index contributed by atoms with van der Waals surface area (Å²) >= 11 is 5.82. The minimum atomic E-state index is -0.0953. The summed E-state index contributed by atoms with van der Waals surface area (Å²) in [6.07, 6.45) is 1.84. The van der Waals surface area contributed by atoms with Gasteiger partial charge >= 0.3 is 0 Å². The number of nitrogens with zero attached hydrogens (tertiary/aromatic N) is 1. The molecular weight excluding hydrogens is 276 g/mol. The maximum Gasteiger partial charge on any atom is 0.214 e. The number of aromatic nitrogens is 1. The zero-order valence-electron chi connectivity index (χ0n) is 12.7. The van der Waals surface area contributed by atoms with Crippen LogP contribution in [0, 0.1) is 0 Å². The van der Waals surface area contributed by atoms with Crippen molar-refractivity contribution in [3.8, 4) is 5.88 Å². The monoisotopic (exact) mass is 300 g/mol. The van der Waals surface area contributed by atoms with E-state index in [0.29, 0.717) is 23.7 Å². The first-order chi connectivity index (χ1) is 9.53. The highest BCUT2D eigenvalue weighted by Crippen LogP contribution is 2.14. The molecule has 1 unspecified atom stereocenters. The van der Waals surface area contributed by atoms with E-state index in [2.05, 4.69) is 27.9 Å². The summed E-state index contributed by atoms with van der Waals surface area (Å²) in [5.41, 5.74) is -0.0953. The average molecular weight is 301 g/mol. The van der Waals surface area contributed by atoms with Crippen LogP contribution in [0.5, 0.6) is 5.88 Å². The zero-order valence-corrected chi connectivity index (χ0v) is 13.4. The van der Waals surface area contributed by atoms with E-state index in [-0.39, 0.29) is 5.66 Å². The van der Waals surface area contributed by atoms with Crippen molar-refractivity contribution in [2.75, 3.05) is 27.7 Å². The largest absolute Gasteiger partial charge is 0.478 e. The van der Waals surface area contributed by atoms with Gasteiger partial charge in [0, 0.05) is 12.1 Å². The van der Waals surface area contributed by atoms with Gasteiger partial charge in [0.2, 0.25) is 5.88 Å². The van der Waals surface area contributed by atoms with Gasteiger partial charge in [0.25, 0.3) is 0 Å². The minimum Gasteiger partial charge on any atom is -0.478 e. The lowest BCUT2D eigenvalue weighted by atomic mass is 10.00. The SMILES string of the molecule is CNC(CCOc1cccc(Cl)n1)CC(C)(NC)NC. The van der Waals surface area contributed by atoms with Crippen LogP contribution in [-0.2, 0) is 0 Å². The number of hydrogen-bond donors (Lipinski definition) is 3. The van der Waals surface area contributed by atoms with Crippen LogP contribution in [0.1, 0.15) is 19.8 Å². The molecule has 0 amide bonds. The van der Waals surface area contributed by atoms with Crippen LogP contribution < -0.4 is 20.7 Å². The van der Waals surface area contributed by atoms with Crippen molar-refractivity contribution in [1.29, 1.82) is 0 Å². The lowest BCUT2D eigenvalue weighted by Crippen LogP contribution is -2.54. The predicted molar refractivity (Wildman–Crippen MR) is 83.3 cm³/mol. The first-order valence-corrected chi connectivity index (χ1v) is 7.21. The van der Waals surface area contributed by atoms with Crippen molar-refractivity contribution < 1.29 is 4.74 Å². The van der Waals surface area contributed by atoms with Crippen molar-refractivity contribution in [3.05, 3.63) is 23.4 Å². The third-order valence-electron chi connectivity index (χ3n) is 3.57. The Hall–Kier alpha value is -0.880. The normalized spacial score (nSPS) is 13.2. The lowest BCUT2D eigenvalue weighted by Gasteiger charge is -2.32. The second-order valence-electron chi connectivity index (χ2n) is 4.96. The Kier molecular flexibility index (Phi) is 7.23. The van der Waals surface area contributed by atoms with Crippen LogP contribution in [0.25, 0.3) is 0 Å². The molecule has 0 fully saturated rings. The van der Waals surface area contributed by atoms with Gasteiger partial charge in [-0.25, -0.2) is 4.98 Å². The lowest BCUT2D eigenvalue weighted by molar-refractivity contribution is 0.229. The molecule has 6 heteroatoms. The molecule has 1 rings (SSSR count). The van der Waals surface area contributed by atoms with Gasteiger partial charge in [0.15, 0.2) is 0 Å². The molecule has 0 spiro atoms. The van der Waals surface area contributed by atoms with E-state index in [9.17, 15) is 0 Å². The zero-order chi connectivity index (χ0) is 15.0. The summed E-state index contributed by atoms with van der Waals surface area (Å²) in [5, 5.41) is 10.3. The molecular formula is C14H25ClN4O. The molecule has 0 radical (unpaired) electrons. The first kappa shape index (κ1) is 17.2.